The molecule has 0 radical (unpaired) electrons. The molecule has 1 aliphatic rings. The van der Waals surface area contributed by atoms with Gasteiger partial charge < -0.3 is 10.1 Å². The van der Waals surface area contributed by atoms with Gasteiger partial charge in [0, 0.05) is 13.1 Å². The van der Waals surface area contributed by atoms with Gasteiger partial charge in [-0.3, -0.25) is 9.10 Å². The lowest BCUT2D eigenvalue weighted by molar-refractivity contribution is -0.121. The van der Waals surface area contributed by atoms with E-state index in [0.717, 1.165) is 23.4 Å². The molecule has 1 N–H and O–H groups in total. The highest BCUT2D eigenvalue weighted by molar-refractivity contribution is 7.92. The highest BCUT2D eigenvalue weighted by Crippen LogP contribution is 2.29. The summed E-state index contributed by atoms with van der Waals surface area (Å²) < 4.78 is 57.9. The minimum Gasteiger partial charge on any atom is -0.492 e. The standard InChI is InChI=1S/C22H27Cl2N3O6S2/c1-16(27(34(2,29)30)17-5-10-20(23)21(24)15-17)22(28)25-11-14-33-18-6-8-19(9-7-18)35(31,32)26-12-3-4-13-26/h5-10,15-16H,3-4,11-14H2,1-2H3,(H,25,28)/t16-/m1/s1. The number of halogens is 2. The topological polar surface area (TPSA) is 113 Å². The highest BCUT2D eigenvalue weighted by Gasteiger charge is 2.29. The van der Waals surface area contributed by atoms with Gasteiger partial charge in [0.05, 0.1) is 33.4 Å². The second-order valence-electron chi connectivity index (χ2n) is 8.06. The van der Waals surface area contributed by atoms with Crippen molar-refractivity contribution in [3.8, 4) is 5.75 Å². The van der Waals surface area contributed by atoms with Gasteiger partial charge in [-0.15, -0.1) is 0 Å². The Morgan fingerprint density at radius 1 is 1.06 bits per heavy atom. The number of nitrogens with zero attached hydrogens (tertiary/aromatic N) is 2. The van der Waals surface area contributed by atoms with Crippen LogP contribution in [0.3, 0.4) is 0 Å². The van der Waals surface area contributed by atoms with Crippen LogP contribution in [0.2, 0.25) is 10.0 Å². The van der Waals surface area contributed by atoms with Gasteiger partial charge in [-0.2, -0.15) is 4.31 Å². The smallest absolute Gasteiger partial charge is 0.243 e. The Morgan fingerprint density at radius 2 is 1.69 bits per heavy atom. The van der Waals surface area contributed by atoms with E-state index in [1.807, 2.05) is 0 Å². The molecule has 9 nitrogen and oxygen atoms in total. The lowest BCUT2D eigenvalue weighted by atomic mass is 10.2. The van der Waals surface area contributed by atoms with Crippen molar-refractivity contribution in [1.82, 2.24) is 9.62 Å². The van der Waals surface area contributed by atoms with Crippen molar-refractivity contribution in [1.29, 1.82) is 0 Å². The maximum Gasteiger partial charge on any atom is 0.243 e. The number of hydrogen-bond donors (Lipinski definition) is 1. The van der Waals surface area contributed by atoms with Crippen LogP contribution in [0.1, 0.15) is 19.8 Å². The molecule has 0 unspecified atom stereocenters. The van der Waals surface area contributed by atoms with Crippen molar-refractivity contribution in [2.24, 2.45) is 0 Å². The van der Waals surface area contributed by atoms with E-state index in [1.165, 1.54) is 41.6 Å². The molecule has 0 aromatic heterocycles. The van der Waals surface area contributed by atoms with E-state index < -0.39 is 32.0 Å². The first-order chi connectivity index (χ1) is 16.4. The van der Waals surface area contributed by atoms with Crippen LogP contribution in [0.4, 0.5) is 5.69 Å². The first-order valence-electron chi connectivity index (χ1n) is 10.9. The number of ether oxygens (including phenoxy) is 1. The molecule has 1 heterocycles. The van der Waals surface area contributed by atoms with E-state index in [2.05, 4.69) is 5.32 Å². The Balaban J connectivity index is 1.55. The number of carbonyl (C=O) groups excluding carboxylic acids is 1. The number of rotatable bonds is 10. The molecule has 0 bridgehead atoms. The molecule has 1 atom stereocenters. The molecule has 2 aromatic rings. The van der Waals surface area contributed by atoms with Crippen LogP contribution < -0.4 is 14.4 Å². The summed E-state index contributed by atoms with van der Waals surface area (Å²) in [6.45, 7) is 2.72. The summed E-state index contributed by atoms with van der Waals surface area (Å²) in [6.07, 6.45) is 2.72. The third-order valence-corrected chi connectivity index (χ3v) is 9.34. The van der Waals surface area contributed by atoms with Crippen molar-refractivity contribution in [3.05, 3.63) is 52.5 Å². The van der Waals surface area contributed by atoms with Crippen LogP contribution in [0.15, 0.2) is 47.4 Å². The van der Waals surface area contributed by atoms with Crippen LogP contribution in [0.25, 0.3) is 0 Å². The molecular formula is C22H27Cl2N3O6S2. The average Bonchev–Trinajstić information content (AvgIpc) is 3.34. The Kier molecular flexibility index (Phi) is 8.92. The second-order valence-corrected chi connectivity index (χ2v) is 12.7. The summed E-state index contributed by atoms with van der Waals surface area (Å²) in [5.74, 6) is -0.0848. The molecule has 1 aliphatic heterocycles. The lowest BCUT2D eigenvalue weighted by Crippen LogP contribution is -2.48. The number of hydrogen-bond acceptors (Lipinski definition) is 6. The molecule has 1 amide bonds. The first kappa shape index (κ1) is 27.5. The zero-order valence-corrected chi connectivity index (χ0v) is 22.4. The van der Waals surface area contributed by atoms with Crippen LogP contribution in [0, 0.1) is 0 Å². The van der Waals surface area contributed by atoms with Crippen LogP contribution in [0.5, 0.6) is 5.75 Å². The molecule has 192 valence electrons. The van der Waals surface area contributed by atoms with Gasteiger partial charge in [0.15, 0.2) is 0 Å². The Morgan fingerprint density at radius 3 is 2.26 bits per heavy atom. The van der Waals surface area contributed by atoms with Gasteiger partial charge in [-0.1, -0.05) is 23.2 Å². The maximum atomic E-state index is 12.6. The summed E-state index contributed by atoms with van der Waals surface area (Å²) in [6, 6.07) is 9.35. The molecule has 35 heavy (non-hydrogen) atoms. The molecule has 0 saturated carbocycles. The Hall–Kier alpha value is -2.05. The normalized spacial score (nSPS) is 15.5. The van der Waals surface area contributed by atoms with Gasteiger partial charge in [0.25, 0.3) is 0 Å². The highest BCUT2D eigenvalue weighted by atomic mass is 35.5. The van der Waals surface area contributed by atoms with Crippen LogP contribution >= 0.6 is 23.2 Å². The van der Waals surface area contributed by atoms with Crippen molar-refractivity contribution in [2.75, 3.05) is 36.8 Å². The third kappa shape index (κ3) is 6.79. The number of benzene rings is 2. The number of amides is 1. The van der Waals surface area contributed by atoms with E-state index >= 15 is 0 Å². The van der Waals surface area contributed by atoms with E-state index in [9.17, 15) is 21.6 Å². The summed E-state index contributed by atoms with van der Waals surface area (Å²) in [7, 11) is -7.30. The number of nitrogens with one attached hydrogen (secondary N) is 1. The van der Waals surface area contributed by atoms with Crippen molar-refractivity contribution in [2.45, 2.75) is 30.7 Å². The summed E-state index contributed by atoms with van der Waals surface area (Å²) in [5.41, 5.74) is 0.213. The fraction of sp³-hybridized carbons (Fsp3) is 0.409. The zero-order valence-electron chi connectivity index (χ0n) is 19.3. The van der Waals surface area contributed by atoms with Gasteiger partial charge >= 0.3 is 0 Å². The largest absolute Gasteiger partial charge is 0.492 e. The number of anilines is 1. The van der Waals surface area contributed by atoms with E-state index in [0.29, 0.717) is 18.8 Å². The monoisotopic (exact) mass is 563 g/mol. The first-order valence-corrected chi connectivity index (χ1v) is 14.9. The molecule has 1 fully saturated rings. The molecule has 1 saturated heterocycles. The minimum atomic E-state index is -3.80. The van der Waals surface area contributed by atoms with Gasteiger partial charge in [0.2, 0.25) is 26.0 Å². The zero-order chi connectivity index (χ0) is 25.8. The predicted molar refractivity (Wildman–Crippen MR) is 136 cm³/mol. The predicted octanol–water partition coefficient (Wildman–Crippen LogP) is 3.13. The molecule has 0 spiro atoms. The van der Waals surface area contributed by atoms with Crippen molar-refractivity contribution in [3.63, 3.8) is 0 Å². The number of carbonyl (C=O) groups is 1. The second kappa shape index (κ2) is 11.3. The fourth-order valence-corrected chi connectivity index (χ4v) is 6.68. The maximum absolute atomic E-state index is 12.6. The van der Waals surface area contributed by atoms with Crippen LogP contribution in [-0.4, -0.2) is 65.6 Å². The summed E-state index contributed by atoms with van der Waals surface area (Å²) in [5, 5.41) is 3.07. The number of sulfonamides is 2. The third-order valence-electron chi connectivity index (χ3n) is 5.44. The molecule has 3 rings (SSSR count). The minimum absolute atomic E-state index is 0.0995. The Labute approximate surface area is 216 Å². The molecule has 13 heteroatoms. The van der Waals surface area contributed by atoms with Crippen LogP contribution in [-0.2, 0) is 24.8 Å². The van der Waals surface area contributed by atoms with Crippen molar-refractivity contribution >= 4 is 54.8 Å². The lowest BCUT2D eigenvalue weighted by Gasteiger charge is -2.28. The van der Waals surface area contributed by atoms with Gasteiger partial charge in [-0.05, 0) is 62.2 Å². The quantitative estimate of drug-likeness (QED) is 0.444. The summed E-state index contributed by atoms with van der Waals surface area (Å²) in [4.78, 5) is 12.9. The Bertz CT molecular complexity index is 1260. The average molecular weight is 565 g/mol. The molecule has 0 aliphatic carbocycles. The van der Waals surface area contributed by atoms with Gasteiger partial charge in [-0.25, -0.2) is 16.8 Å². The van der Waals surface area contributed by atoms with Gasteiger partial charge in [0.1, 0.15) is 18.4 Å². The molecule has 2 aromatic carbocycles. The van der Waals surface area contributed by atoms with E-state index in [4.69, 9.17) is 27.9 Å². The molecular weight excluding hydrogens is 537 g/mol. The summed E-state index contributed by atoms with van der Waals surface area (Å²) >= 11 is 11.9. The SMILES string of the molecule is C[C@H](C(=O)NCCOc1ccc(S(=O)(=O)N2CCCC2)cc1)N(c1ccc(Cl)c(Cl)c1)S(C)(=O)=O. The van der Waals surface area contributed by atoms with Crippen molar-refractivity contribution < 1.29 is 26.4 Å². The van der Waals surface area contributed by atoms with E-state index in [1.54, 1.807) is 12.1 Å². The fourth-order valence-electron chi connectivity index (χ4n) is 3.71. The van der Waals surface area contributed by atoms with E-state index in [-0.39, 0.29) is 33.8 Å².